The number of rotatable bonds is 5. The Balaban J connectivity index is 2.58. The summed E-state index contributed by atoms with van der Waals surface area (Å²) in [5.41, 5.74) is 0. The van der Waals surface area contributed by atoms with Crippen LogP contribution in [-0.2, 0) is 0 Å². The van der Waals surface area contributed by atoms with Gasteiger partial charge in [-0.05, 0) is 18.1 Å². The third kappa shape index (κ3) is 3.51. The van der Waals surface area contributed by atoms with E-state index >= 15 is 0 Å². The zero-order chi connectivity index (χ0) is 11.3. The Morgan fingerprint density at radius 2 is 2.13 bits per heavy atom. The van der Waals surface area contributed by atoms with E-state index in [9.17, 15) is 5.11 Å². The second kappa shape index (κ2) is 5.71. The molecule has 0 saturated heterocycles. The van der Waals surface area contributed by atoms with Crippen molar-refractivity contribution in [1.82, 2.24) is 4.98 Å². The van der Waals surface area contributed by atoms with Gasteiger partial charge in [-0.2, -0.15) is 0 Å². The Hall–Kier alpha value is -1.09. The molecule has 1 aromatic rings. The summed E-state index contributed by atoms with van der Waals surface area (Å²) in [5.74, 6) is 1.75. The number of hydrogen-bond donors (Lipinski definition) is 1. The molecule has 1 rings (SSSR count). The van der Waals surface area contributed by atoms with Crippen LogP contribution in [0.4, 0.5) is 5.82 Å². The predicted molar refractivity (Wildman–Crippen MR) is 62.9 cm³/mol. The average Bonchev–Trinajstić information content (AvgIpc) is 2.26. The van der Waals surface area contributed by atoms with Crippen LogP contribution in [0.25, 0.3) is 0 Å². The van der Waals surface area contributed by atoms with Crippen LogP contribution < -0.4 is 4.90 Å². The zero-order valence-corrected chi connectivity index (χ0v) is 9.72. The Kier molecular flexibility index (Phi) is 4.56. The van der Waals surface area contributed by atoms with Crippen molar-refractivity contribution in [3.63, 3.8) is 0 Å². The molecule has 1 unspecified atom stereocenters. The number of nitrogens with zero attached hydrogens (tertiary/aromatic N) is 2. The van der Waals surface area contributed by atoms with Crippen LogP contribution in [-0.4, -0.2) is 30.3 Å². The maximum Gasteiger partial charge on any atom is 0.128 e. The van der Waals surface area contributed by atoms with Crippen molar-refractivity contribution in [1.29, 1.82) is 0 Å². The number of anilines is 1. The molecule has 0 fully saturated rings. The highest BCUT2D eigenvalue weighted by molar-refractivity contribution is 5.36. The SMILES string of the molecule is CC(C)C(CO)CN(C)c1ccccn1. The first-order chi connectivity index (χ1) is 7.15. The highest BCUT2D eigenvalue weighted by Crippen LogP contribution is 2.15. The molecule has 1 atom stereocenters. The third-order valence-electron chi connectivity index (χ3n) is 2.73. The van der Waals surface area contributed by atoms with E-state index in [1.54, 1.807) is 6.20 Å². The third-order valence-corrected chi connectivity index (χ3v) is 2.73. The van der Waals surface area contributed by atoms with Crippen LogP contribution in [0, 0.1) is 11.8 Å². The zero-order valence-electron chi connectivity index (χ0n) is 9.72. The number of aliphatic hydroxyl groups excluding tert-OH is 1. The Labute approximate surface area is 91.8 Å². The van der Waals surface area contributed by atoms with E-state index in [1.807, 2.05) is 25.2 Å². The fraction of sp³-hybridized carbons (Fsp3) is 0.583. The lowest BCUT2D eigenvalue weighted by Crippen LogP contribution is -2.31. The summed E-state index contributed by atoms with van der Waals surface area (Å²) in [7, 11) is 2.01. The van der Waals surface area contributed by atoms with Gasteiger partial charge in [-0.15, -0.1) is 0 Å². The molecule has 1 aromatic heterocycles. The molecule has 84 valence electrons. The normalized spacial score (nSPS) is 12.9. The van der Waals surface area contributed by atoms with Crippen molar-refractivity contribution < 1.29 is 5.11 Å². The molecule has 0 aliphatic carbocycles. The van der Waals surface area contributed by atoms with E-state index in [0.29, 0.717) is 11.8 Å². The largest absolute Gasteiger partial charge is 0.396 e. The minimum Gasteiger partial charge on any atom is -0.396 e. The first-order valence-corrected chi connectivity index (χ1v) is 5.38. The van der Waals surface area contributed by atoms with E-state index in [2.05, 4.69) is 23.7 Å². The first-order valence-electron chi connectivity index (χ1n) is 5.38. The minimum absolute atomic E-state index is 0.231. The summed E-state index contributed by atoms with van der Waals surface area (Å²) in [6.45, 7) is 5.33. The first kappa shape index (κ1) is 12.0. The fourth-order valence-corrected chi connectivity index (χ4v) is 1.50. The molecule has 3 heteroatoms. The summed E-state index contributed by atoms with van der Waals surface area (Å²) in [6.07, 6.45) is 1.79. The van der Waals surface area contributed by atoms with Crippen LogP contribution >= 0.6 is 0 Å². The average molecular weight is 208 g/mol. The Morgan fingerprint density at radius 3 is 2.60 bits per heavy atom. The second-order valence-corrected chi connectivity index (χ2v) is 4.26. The molecule has 15 heavy (non-hydrogen) atoms. The molecule has 0 amide bonds. The van der Waals surface area contributed by atoms with Gasteiger partial charge in [0.2, 0.25) is 0 Å². The molecule has 1 N–H and O–H groups in total. The van der Waals surface area contributed by atoms with E-state index in [-0.39, 0.29) is 6.61 Å². The van der Waals surface area contributed by atoms with Crippen LogP contribution in [0.3, 0.4) is 0 Å². The minimum atomic E-state index is 0.231. The Bertz CT molecular complexity index is 274. The van der Waals surface area contributed by atoms with Gasteiger partial charge in [0, 0.05) is 32.3 Å². The molecule has 0 saturated carbocycles. The summed E-state index contributed by atoms with van der Waals surface area (Å²) >= 11 is 0. The molecule has 1 heterocycles. The maximum atomic E-state index is 9.25. The van der Waals surface area contributed by atoms with E-state index < -0.39 is 0 Å². The standard InChI is InChI=1S/C12H20N2O/c1-10(2)11(9-15)8-14(3)12-6-4-5-7-13-12/h4-7,10-11,15H,8-9H2,1-3H3. The smallest absolute Gasteiger partial charge is 0.128 e. The molecule has 0 radical (unpaired) electrons. The van der Waals surface area contributed by atoms with E-state index in [0.717, 1.165) is 12.4 Å². The van der Waals surface area contributed by atoms with Crippen molar-refractivity contribution in [2.24, 2.45) is 11.8 Å². The topological polar surface area (TPSA) is 36.4 Å². The maximum absolute atomic E-state index is 9.25. The van der Waals surface area contributed by atoms with Crippen molar-refractivity contribution in [2.75, 3.05) is 25.1 Å². The molecule has 0 aliphatic heterocycles. The Morgan fingerprint density at radius 1 is 1.40 bits per heavy atom. The van der Waals surface area contributed by atoms with Crippen molar-refractivity contribution in [2.45, 2.75) is 13.8 Å². The lowest BCUT2D eigenvalue weighted by molar-refractivity contribution is 0.193. The summed E-state index contributed by atoms with van der Waals surface area (Å²) in [6, 6.07) is 5.86. The van der Waals surface area contributed by atoms with Crippen LogP contribution in [0.2, 0.25) is 0 Å². The molecule has 0 bridgehead atoms. The fourth-order valence-electron chi connectivity index (χ4n) is 1.50. The van der Waals surface area contributed by atoms with Gasteiger partial charge in [0.1, 0.15) is 5.82 Å². The monoisotopic (exact) mass is 208 g/mol. The van der Waals surface area contributed by atoms with Gasteiger partial charge >= 0.3 is 0 Å². The lowest BCUT2D eigenvalue weighted by atomic mass is 9.96. The van der Waals surface area contributed by atoms with Gasteiger partial charge < -0.3 is 10.0 Å². The summed E-state index contributed by atoms with van der Waals surface area (Å²) in [4.78, 5) is 6.35. The van der Waals surface area contributed by atoms with Crippen LogP contribution in [0.15, 0.2) is 24.4 Å². The van der Waals surface area contributed by atoms with E-state index in [1.165, 1.54) is 0 Å². The summed E-state index contributed by atoms with van der Waals surface area (Å²) < 4.78 is 0. The van der Waals surface area contributed by atoms with Gasteiger partial charge in [-0.25, -0.2) is 4.98 Å². The van der Waals surface area contributed by atoms with Gasteiger partial charge in [-0.1, -0.05) is 19.9 Å². The van der Waals surface area contributed by atoms with Crippen LogP contribution in [0.1, 0.15) is 13.8 Å². The molecular formula is C12H20N2O. The van der Waals surface area contributed by atoms with E-state index in [4.69, 9.17) is 0 Å². The predicted octanol–water partition coefficient (Wildman–Crippen LogP) is 1.78. The molecule has 0 aliphatic rings. The molecule has 0 aromatic carbocycles. The lowest BCUT2D eigenvalue weighted by Gasteiger charge is -2.26. The number of aliphatic hydroxyl groups is 1. The van der Waals surface area contributed by atoms with Crippen LogP contribution in [0.5, 0.6) is 0 Å². The number of aromatic nitrogens is 1. The molecule has 3 nitrogen and oxygen atoms in total. The van der Waals surface area contributed by atoms with Gasteiger partial charge in [0.15, 0.2) is 0 Å². The molecule has 0 spiro atoms. The van der Waals surface area contributed by atoms with Crippen molar-refractivity contribution >= 4 is 5.82 Å². The highest BCUT2D eigenvalue weighted by Gasteiger charge is 2.15. The van der Waals surface area contributed by atoms with Gasteiger partial charge in [0.05, 0.1) is 0 Å². The number of hydrogen-bond acceptors (Lipinski definition) is 3. The van der Waals surface area contributed by atoms with Crippen molar-refractivity contribution in [3.05, 3.63) is 24.4 Å². The number of pyridine rings is 1. The summed E-state index contributed by atoms with van der Waals surface area (Å²) in [5, 5.41) is 9.25. The second-order valence-electron chi connectivity index (χ2n) is 4.26. The highest BCUT2D eigenvalue weighted by atomic mass is 16.3. The quantitative estimate of drug-likeness (QED) is 0.801. The molecular weight excluding hydrogens is 188 g/mol. The van der Waals surface area contributed by atoms with Gasteiger partial charge in [0.25, 0.3) is 0 Å². The van der Waals surface area contributed by atoms with Gasteiger partial charge in [-0.3, -0.25) is 0 Å². The van der Waals surface area contributed by atoms with Crippen molar-refractivity contribution in [3.8, 4) is 0 Å².